The number of ether oxygens (including phenoxy) is 1. The zero-order chi connectivity index (χ0) is 14.4. The molecule has 1 N–H and O–H groups in total. The van der Waals surface area contributed by atoms with Crippen molar-refractivity contribution in [3.8, 4) is 0 Å². The zero-order valence-electron chi connectivity index (χ0n) is 11.9. The molecule has 0 aliphatic carbocycles. The van der Waals surface area contributed by atoms with Gasteiger partial charge < -0.3 is 15.0 Å². The van der Waals surface area contributed by atoms with E-state index in [4.69, 9.17) is 16.3 Å². The quantitative estimate of drug-likeness (QED) is 0.818. The minimum absolute atomic E-state index is 0.292. The second-order valence-corrected chi connectivity index (χ2v) is 5.60. The van der Waals surface area contributed by atoms with Gasteiger partial charge in [-0.2, -0.15) is 0 Å². The molecule has 0 radical (unpaired) electrons. The molecule has 3 nitrogen and oxygen atoms in total. The maximum Gasteiger partial charge on any atom is 0.124 e. The second kappa shape index (κ2) is 7.93. The van der Waals surface area contributed by atoms with Gasteiger partial charge in [-0.05, 0) is 30.5 Å². The number of hydrogen-bond acceptors (Lipinski definition) is 3. The highest BCUT2D eigenvalue weighted by Crippen LogP contribution is 2.17. The lowest BCUT2D eigenvalue weighted by Crippen LogP contribution is -2.40. The van der Waals surface area contributed by atoms with E-state index < -0.39 is 0 Å². The van der Waals surface area contributed by atoms with Crippen LogP contribution in [0.4, 0.5) is 4.39 Å². The van der Waals surface area contributed by atoms with E-state index in [1.807, 2.05) is 0 Å². The predicted octanol–water partition coefficient (Wildman–Crippen LogP) is 2.68. The van der Waals surface area contributed by atoms with Gasteiger partial charge >= 0.3 is 0 Å². The van der Waals surface area contributed by atoms with Gasteiger partial charge in [0.15, 0.2) is 0 Å². The Bertz CT molecular complexity index is 422. The molecule has 0 spiro atoms. The number of hydrogen-bond donors (Lipinski definition) is 1. The molecule has 1 saturated heterocycles. The summed E-state index contributed by atoms with van der Waals surface area (Å²) < 4.78 is 18.3. The van der Waals surface area contributed by atoms with Gasteiger partial charge in [0.1, 0.15) is 5.82 Å². The molecule has 2 rings (SSSR count). The molecule has 1 aromatic carbocycles. The lowest BCUT2D eigenvalue weighted by atomic mass is 10.1. The first-order valence-corrected chi connectivity index (χ1v) is 7.46. The zero-order valence-corrected chi connectivity index (χ0v) is 12.6. The number of methoxy groups -OCH3 is 1. The second-order valence-electron chi connectivity index (χ2n) is 5.19. The van der Waals surface area contributed by atoms with Gasteiger partial charge in [0.05, 0.1) is 6.10 Å². The van der Waals surface area contributed by atoms with Crippen LogP contribution in [0.1, 0.15) is 18.4 Å². The Morgan fingerprint density at radius 3 is 2.80 bits per heavy atom. The van der Waals surface area contributed by atoms with Crippen LogP contribution < -0.4 is 5.32 Å². The molecular weight excluding hydrogens is 279 g/mol. The molecule has 1 aliphatic rings. The normalized spacial score (nSPS) is 17.6. The third-order valence-corrected chi connectivity index (χ3v) is 4.16. The van der Waals surface area contributed by atoms with Gasteiger partial charge in [-0.1, -0.05) is 17.7 Å². The van der Waals surface area contributed by atoms with Crippen LogP contribution >= 0.6 is 11.6 Å². The van der Waals surface area contributed by atoms with Crippen molar-refractivity contribution in [2.75, 3.05) is 33.3 Å². The van der Waals surface area contributed by atoms with E-state index in [2.05, 4.69) is 10.2 Å². The lowest BCUT2D eigenvalue weighted by Gasteiger charge is -2.31. The molecule has 5 heteroatoms. The fourth-order valence-corrected chi connectivity index (χ4v) is 2.73. The smallest absolute Gasteiger partial charge is 0.124 e. The summed E-state index contributed by atoms with van der Waals surface area (Å²) in [4.78, 5) is 2.44. The van der Waals surface area contributed by atoms with Crippen LogP contribution in [0.25, 0.3) is 0 Å². The van der Waals surface area contributed by atoms with Gasteiger partial charge in [-0.3, -0.25) is 0 Å². The summed E-state index contributed by atoms with van der Waals surface area (Å²) >= 11 is 5.98. The molecular formula is C15H22ClFN2O. The summed E-state index contributed by atoms with van der Waals surface area (Å²) in [5.41, 5.74) is 0.936. The van der Waals surface area contributed by atoms with E-state index in [1.54, 1.807) is 13.2 Å². The van der Waals surface area contributed by atoms with Crippen molar-refractivity contribution in [2.45, 2.75) is 25.5 Å². The highest BCUT2D eigenvalue weighted by molar-refractivity contribution is 6.31. The van der Waals surface area contributed by atoms with Gasteiger partial charge in [0.25, 0.3) is 0 Å². The average molecular weight is 301 g/mol. The monoisotopic (exact) mass is 300 g/mol. The maximum absolute atomic E-state index is 12.9. The van der Waals surface area contributed by atoms with Crippen LogP contribution in [0.2, 0.25) is 5.02 Å². The van der Waals surface area contributed by atoms with E-state index in [9.17, 15) is 4.39 Å². The van der Waals surface area contributed by atoms with Crippen LogP contribution in [0.3, 0.4) is 0 Å². The van der Waals surface area contributed by atoms with E-state index in [0.717, 1.165) is 44.6 Å². The van der Waals surface area contributed by atoms with Crippen molar-refractivity contribution < 1.29 is 9.13 Å². The minimum atomic E-state index is -0.292. The van der Waals surface area contributed by atoms with Gasteiger partial charge in [-0.15, -0.1) is 0 Å². The number of rotatable bonds is 6. The molecule has 0 bridgehead atoms. The molecule has 0 aromatic heterocycles. The van der Waals surface area contributed by atoms with E-state index in [1.165, 1.54) is 12.1 Å². The van der Waals surface area contributed by atoms with Gasteiger partial charge in [0, 0.05) is 44.9 Å². The molecule has 1 heterocycles. The van der Waals surface area contributed by atoms with Crippen LogP contribution in [0, 0.1) is 5.82 Å². The Hall–Kier alpha value is -0.680. The van der Waals surface area contributed by atoms with Crippen LogP contribution in [0.5, 0.6) is 0 Å². The maximum atomic E-state index is 12.9. The van der Waals surface area contributed by atoms with Crippen molar-refractivity contribution in [3.05, 3.63) is 34.6 Å². The average Bonchev–Trinajstić information content (AvgIpc) is 2.46. The van der Waals surface area contributed by atoms with Crippen molar-refractivity contribution in [3.63, 3.8) is 0 Å². The Labute approximate surface area is 125 Å². The summed E-state index contributed by atoms with van der Waals surface area (Å²) in [5.74, 6) is -0.292. The van der Waals surface area contributed by atoms with Gasteiger partial charge in [-0.25, -0.2) is 4.39 Å². The van der Waals surface area contributed by atoms with E-state index in [0.29, 0.717) is 17.7 Å². The number of piperidine rings is 1. The summed E-state index contributed by atoms with van der Waals surface area (Å²) in [6, 6.07) is 4.53. The fourth-order valence-electron chi connectivity index (χ4n) is 2.49. The Balaban J connectivity index is 1.64. The molecule has 112 valence electrons. The highest BCUT2D eigenvalue weighted by atomic mass is 35.5. The number of likely N-dealkylation sites (tertiary alicyclic amines) is 1. The summed E-state index contributed by atoms with van der Waals surface area (Å²) in [6.07, 6.45) is 2.65. The molecule has 0 atom stereocenters. The van der Waals surface area contributed by atoms with Crippen LogP contribution in [-0.2, 0) is 11.3 Å². The molecule has 1 fully saturated rings. The number of nitrogens with zero attached hydrogens (tertiary/aromatic N) is 1. The third kappa shape index (κ3) is 4.70. The summed E-state index contributed by atoms with van der Waals surface area (Å²) in [5, 5.41) is 3.84. The fraction of sp³-hybridized carbons (Fsp3) is 0.600. The van der Waals surface area contributed by atoms with Crippen molar-refractivity contribution in [1.82, 2.24) is 10.2 Å². The summed E-state index contributed by atoms with van der Waals surface area (Å²) in [7, 11) is 1.79. The molecule has 1 aromatic rings. The Morgan fingerprint density at radius 2 is 2.15 bits per heavy atom. The molecule has 1 aliphatic heterocycles. The largest absolute Gasteiger partial charge is 0.381 e. The SMILES string of the molecule is COC1CCN(CCNCc2ccc(F)cc2Cl)CC1. The predicted molar refractivity (Wildman–Crippen MR) is 79.6 cm³/mol. The molecule has 0 unspecified atom stereocenters. The van der Waals surface area contributed by atoms with Crippen molar-refractivity contribution in [1.29, 1.82) is 0 Å². The standard InChI is InChI=1S/C15H22ClFN2O/c1-20-14-4-7-19(8-5-14)9-6-18-11-12-2-3-13(17)10-15(12)16/h2-3,10,14,18H,4-9,11H2,1H3. The van der Waals surface area contributed by atoms with Crippen molar-refractivity contribution >= 4 is 11.6 Å². The molecule has 0 amide bonds. The number of halogens is 2. The minimum Gasteiger partial charge on any atom is -0.381 e. The van der Waals surface area contributed by atoms with E-state index >= 15 is 0 Å². The Kier molecular flexibility index (Phi) is 6.23. The van der Waals surface area contributed by atoms with Crippen LogP contribution in [0.15, 0.2) is 18.2 Å². The molecule has 0 saturated carbocycles. The van der Waals surface area contributed by atoms with Gasteiger partial charge in [0.2, 0.25) is 0 Å². The first-order valence-electron chi connectivity index (χ1n) is 7.09. The first-order chi connectivity index (χ1) is 9.69. The number of nitrogens with one attached hydrogen (secondary N) is 1. The topological polar surface area (TPSA) is 24.5 Å². The lowest BCUT2D eigenvalue weighted by molar-refractivity contribution is 0.0414. The molecule has 20 heavy (non-hydrogen) atoms. The van der Waals surface area contributed by atoms with Crippen molar-refractivity contribution in [2.24, 2.45) is 0 Å². The highest BCUT2D eigenvalue weighted by Gasteiger charge is 2.17. The first kappa shape index (κ1) is 15.7. The van der Waals surface area contributed by atoms with E-state index in [-0.39, 0.29) is 5.82 Å². The number of benzene rings is 1. The summed E-state index contributed by atoms with van der Waals surface area (Å²) in [6.45, 7) is 4.79. The van der Waals surface area contributed by atoms with Crippen LogP contribution in [-0.4, -0.2) is 44.3 Å². The third-order valence-electron chi connectivity index (χ3n) is 3.80. The Morgan fingerprint density at radius 1 is 1.40 bits per heavy atom.